The smallest absolute Gasteiger partial charge is 0.0680 e. The minimum atomic E-state index is -0.373. The van der Waals surface area contributed by atoms with Gasteiger partial charge >= 0.3 is 0 Å². The SMILES string of the molecule is C=CC(C=N)[C@@H](O)C1CCCC1. The van der Waals surface area contributed by atoms with E-state index in [4.69, 9.17) is 5.41 Å². The van der Waals surface area contributed by atoms with E-state index < -0.39 is 0 Å². The molecule has 0 aromatic carbocycles. The fourth-order valence-electron chi connectivity index (χ4n) is 1.92. The average Bonchev–Trinajstić information content (AvgIpc) is 2.58. The molecule has 12 heavy (non-hydrogen) atoms. The van der Waals surface area contributed by atoms with Gasteiger partial charge in [0.1, 0.15) is 0 Å². The Hall–Kier alpha value is -0.630. The summed E-state index contributed by atoms with van der Waals surface area (Å²) >= 11 is 0. The van der Waals surface area contributed by atoms with Crippen LogP contribution in [0.4, 0.5) is 0 Å². The molecule has 1 fully saturated rings. The monoisotopic (exact) mass is 167 g/mol. The highest BCUT2D eigenvalue weighted by Gasteiger charge is 2.26. The summed E-state index contributed by atoms with van der Waals surface area (Å²) < 4.78 is 0. The maximum Gasteiger partial charge on any atom is 0.0680 e. The summed E-state index contributed by atoms with van der Waals surface area (Å²) in [6, 6.07) is 0. The molecule has 1 rings (SSSR count). The molecule has 1 unspecified atom stereocenters. The molecule has 0 aromatic heterocycles. The Morgan fingerprint density at radius 1 is 1.42 bits per heavy atom. The molecular formula is C10H17NO. The van der Waals surface area contributed by atoms with Crippen LogP contribution in [0.25, 0.3) is 0 Å². The van der Waals surface area contributed by atoms with E-state index in [1.165, 1.54) is 19.1 Å². The summed E-state index contributed by atoms with van der Waals surface area (Å²) in [6.45, 7) is 3.61. The van der Waals surface area contributed by atoms with Crippen molar-refractivity contribution in [3.8, 4) is 0 Å². The number of hydrogen-bond donors (Lipinski definition) is 2. The first-order valence-corrected chi connectivity index (χ1v) is 4.60. The van der Waals surface area contributed by atoms with E-state index in [1.54, 1.807) is 6.08 Å². The highest BCUT2D eigenvalue weighted by molar-refractivity contribution is 5.60. The van der Waals surface area contributed by atoms with Crippen LogP contribution < -0.4 is 0 Å². The standard InChI is InChI=1S/C10H17NO/c1-2-8(7-11)10(12)9-5-3-4-6-9/h2,7-12H,1,3-6H2/t8?,10-/m1/s1. The highest BCUT2D eigenvalue weighted by Crippen LogP contribution is 2.30. The lowest BCUT2D eigenvalue weighted by molar-refractivity contribution is 0.0946. The van der Waals surface area contributed by atoms with Crippen LogP contribution in [-0.2, 0) is 0 Å². The van der Waals surface area contributed by atoms with E-state index >= 15 is 0 Å². The van der Waals surface area contributed by atoms with Crippen LogP contribution in [0.2, 0.25) is 0 Å². The van der Waals surface area contributed by atoms with Crippen LogP contribution in [0.15, 0.2) is 12.7 Å². The second-order valence-electron chi connectivity index (χ2n) is 3.51. The van der Waals surface area contributed by atoms with Crippen LogP contribution in [0.5, 0.6) is 0 Å². The predicted octanol–water partition coefficient (Wildman–Crippen LogP) is 1.99. The lowest BCUT2D eigenvalue weighted by Crippen LogP contribution is -2.27. The molecule has 0 heterocycles. The molecule has 0 aromatic rings. The Labute approximate surface area is 73.8 Å². The predicted molar refractivity (Wildman–Crippen MR) is 50.4 cm³/mol. The molecular weight excluding hydrogens is 150 g/mol. The van der Waals surface area contributed by atoms with E-state index in [2.05, 4.69) is 6.58 Å². The van der Waals surface area contributed by atoms with Crippen molar-refractivity contribution >= 4 is 6.21 Å². The van der Waals surface area contributed by atoms with Crippen molar-refractivity contribution in [1.82, 2.24) is 0 Å². The van der Waals surface area contributed by atoms with Crippen molar-refractivity contribution in [1.29, 1.82) is 5.41 Å². The topological polar surface area (TPSA) is 44.1 Å². The van der Waals surface area contributed by atoms with Crippen molar-refractivity contribution in [2.75, 3.05) is 0 Å². The number of nitrogens with one attached hydrogen (secondary N) is 1. The van der Waals surface area contributed by atoms with Crippen LogP contribution >= 0.6 is 0 Å². The van der Waals surface area contributed by atoms with Gasteiger partial charge in [0.15, 0.2) is 0 Å². The second kappa shape index (κ2) is 4.41. The van der Waals surface area contributed by atoms with Crippen molar-refractivity contribution < 1.29 is 5.11 Å². The summed E-state index contributed by atoms with van der Waals surface area (Å²) in [7, 11) is 0. The van der Waals surface area contributed by atoms with Gasteiger partial charge in [-0.05, 0) is 18.8 Å². The fourth-order valence-corrected chi connectivity index (χ4v) is 1.92. The van der Waals surface area contributed by atoms with Gasteiger partial charge in [0.2, 0.25) is 0 Å². The minimum Gasteiger partial charge on any atom is -0.392 e. The second-order valence-corrected chi connectivity index (χ2v) is 3.51. The molecule has 0 aliphatic heterocycles. The Balaban J connectivity index is 2.48. The molecule has 0 bridgehead atoms. The first kappa shape index (κ1) is 9.46. The van der Waals surface area contributed by atoms with E-state index in [1.807, 2.05) is 0 Å². The van der Waals surface area contributed by atoms with Crippen LogP contribution in [0.1, 0.15) is 25.7 Å². The first-order valence-electron chi connectivity index (χ1n) is 4.60. The van der Waals surface area contributed by atoms with Crippen LogP contribution in [-0.4, -0.2) is 17.4 Å². The Bertz CT molecular complexity index is 153. The lowest BCUT2D eigenvalue weighted by atomic mass is 9.90. The van der Waals surface area contributed by atoms with Gasteiger partial charge in [-0.3, -0.25) is 0 Å². The van der Waals surface area contributed by atoms with E-state index in [9.17, 15) is 5.11 Å². The van der Waals surface area contributed by atoms with Gasteiger partial charge in [0, 0.05) is 12.1 Å². The van der Waals surface area contributed by atoms with Crippen molar-refractivity contribution in [3.05, 3.63) is 12.7 Å². The van der Waals surface area contributed by atoms with Crippen molar-refractivity contribution in [2.24, 2.45) is 11.8 Å². The normalized spacial score (nSPS) is 23.4. The molecule has 0 radical (unpaired) electrons. The van der Waals surface area contributed by atoms with E-state index in [0.717, 1.165) is 12.8 Å². The molecule has 1 aliphatic carbocycles. The summed E-state index contributed by atoms with van der Waals surface area (Å²) in [4.78, 5) is 0. The molecule has 2 nitrogen and oxygen atoms in total. The number of hydrogen-bond acceptors (Lipinski definition) is 2. The molecule has 1 aliphatic rings. The molecule has 0 saturated heterocycles. The lowest BCUT2D eigenvalue weighted by Gasteiger charge is -2.21. The maximum absolute atomic E-state index is 9.79. The molecule has 1 saturated carbocycles. The summed E-state index contributed by atoms with van der Waals surface area (Å²) in [6.07, 6.45) is 7.25. The molecule has 2 heteroatoms. The van der Waals surface area contributed by atoms with Gasteiger partial charge in [-0.15, -0.1) is 6.58 Å². The maximum atomic E-state index is 9.79. The first-order chi connectivity index (χ1) is 5.79. The largest absolute Gasteiger partial charge is 0.392 e. The highest BCUT2D eigenvalue weighted by atomic mass is 16.3. The zero-order valence-electron chi connectivity index (χ0n) is 7.37. The van der Waals surface area contributed by atoms with Gasteiger partial charge in [0.25, 0.3) is 0 Å². The Morgan fingerprint density at radius 3 is 2.42 bits per heavy atom. The van der Waals surface area contributed by atoms with Gasteiger partial charge < -0.3 is 10.5 Å². The quantitative estimate of drug-likeness (QED) is 0.488. The third-order valence-electron chi connectivity index (χ3n) is 2.74. The summed E-state index contributed by atoms with van der Waals surface area (Å²) in [5.41, 5.74) is 0. The Kier molecular flexibility index (Phi) is 3.48. The summed E-state index contributed by atoms with van der Waals surface area (Å²) in [5, 5.41) is 16.9. The van der Waals surface area contributed by atoms with Crippen molar-refractivity contribution in [3.63, 3.8) is 0 Å². The third-order valence-corrected chi connectivity index (χ3v) is 2.74. The van der Waals surface area contributed by atoms with Crippen LogP contribution in [0, 0.1) is 17.2 Å². The number of rotatable bonds is 4. The number of aliphatic hydroxyl groups is 1. The number of aliphatic hydroxyl groups excluding tert-OH is 1. The minimum absolute atomic E-state index is 0.145. The molecule has 0 spiro atoms. The molecule has 2 atom stereocenters. The van der Waals surface area contributed by atoms with E-state index in [-0.39, 0.29) is 12.0 Å². The van der Waals surface area contributed by atoms with Gasteiger partial charge in [-0.1, -0.05) is 18.9 Å². The third kappa shape index (κ3) is 1.95. The van der Waals surface area contributed by atoms with Gasteiger partial charge in [0.05, 0.1) is 6.10 Å². The average molecular weight is 167 g/mol. The van der Waals surface area contributed by atoms with E-state index in [0.29, 0.717) is 5.92 Å². The van der Waals surface area contributed by atoms with Gasteiger partial charge in [-0.2, -0.15) is 0 Å². The van der Waals surface area contributed by atoms with Gasteiger partial charge in [-0.25, -0.2) is 0 Å². The zero-order chi connectivity index (χ0) is 8.97. The molecule has 2 N–H and O–H groups in total. The van der Waals surface area contributed by atoms with Crippen molar-refractivity contribution in [2.45, 2.75) is 31.8 Å². The zero-order valence-corrected chi connectivity index (χ0v) is 7.37. The fraction of sp³-hybridized carbons (Fsp3) is 0.700. The summed E-state index contributed by atoms with van der Waals surface area (Å²) in [5.74, 6) is 0.252. The van der Waals surface area contributed by atoms with Crippen LogP contribution in [0.3, 0.4) is 0 Å². The Morgan fingerprint density at radius 2 is 2.00 bits per heavy atom. The molecule has 0 amide bonds. The molecule has 68 valence electrons.